The molecule has 0 spiro atoms. The fourth-order valence-electron chi connectivity index (χ4n) is 5.68. The highest BCUT2D eigenvalue weighted by Gasteiger charge is 2.56. The van der Waals surface area contributed by atoms with E-state index in [9.17, 15) is 29.5 Å². The molecule has 1 aliphatic heterocycles. The number of rotatable bonds is 2. The van der Waals surface area contributed by atoms with Gasteiger partial charge in [0.15, 0.2) is 23.1 Å². The zero-order valence-electron chi connectivity index (χ0n) is 18.1. The molecule has 8 nitrogen and oxygen atoms in total. The Balaban J connectivity index is 1.78. The maximum atomic E-state index is 13.4. The summed E-state index contributed by atoms with van der Waals surface area (Å²) >= 11 is 6.87. The lowest BCUT2D eigenvalue weighted by Crippen LogP contribution is -2.39. The predicted molar refractivity (Wildman–Crippen MR) is 125 cm³/mol. The number of phenolic OH excluding ortho intramolecular Hbond substituents is 1. The van der Waals surface area contributed by atoms with Crippen molar-refractivity contribution in [1.82, 2.24) is 5.06 Å². The Morgan fingerprint density at radius 3 is 2.47 bits per heavy atom. The first-order valence-electron chi connectivity index (χ1n) is 10.6. The molecule has 1 heterocycles. The number of hydroxylamine groups is 2. The molecule has 3 aliphatic carbocycles. The summed E-state index contributed by atoms with van der Waals surface area (Å²) in [5.74, 6) is -4.71. The van der Waals surface area contributed by atoms with Crippen LogP contribution < -0.4 is 4.74 Å². The normalized spacial score (nSPS) is 28.4. The Morgan fingerprint density at radius 2 is 1.79 bits per heavy atom. The van der Waals surface area contributed by atoms with Gasteiger partial charge in [-0.25, -0.2) is 0 Å². The summed E-state index contributed by atoms with van der Waals surface area (Å²) in [6.45, 7) is 1.59. The average Bonchev–Trinajstić information content (AvgIpc) is 3.04. The number of ether oxygens (including phenoxy) is 1. The van der Waals surface area contributed by atoms with Gasteiger partial charge in [-0.1, -0.05) is 11.6 Å². The number of ketones is 2. The molecule has 4 aliphatic rings. The van der Waals surface area contributed by atoms with Gasteiger partial charge in [0.05, 0.1) is 23.4 Å². The highest BCUT2D eigenvalue weighted by Crippen LogP contribution is 2.57. The number of fused-ring (bicyclic) bond motifs is 3. The van der Waals surface area contributed by atoms with E-state index in [0.29, 0.717) is 31.2 Å². The fraction of sp³-hybridized carbons (Fsp3) is 0.333. The Bertz CT molecular complexity index is 1310. The SMILES string of the molecule is COc1cc(C2C3=CCC4C(=O)N(O)C(=O)C4C3CC3=C2C(=O)C(C)=CC3=O)c(Br)c(Br)c1O. The largest absolute Gasteiger partial charge is 0.503 e. The van der Waals surface area contributed by atoms with E-state index in [1.807, 2.05) is 6.08 Å². The summed E-state index contributed by atoms with van der Waals surface area (Å²) in [5, 5.41) is 20.6. The lowest BCUT2D eigenvalue weighted by Gasteiger charge is -2.42. The zero-order valence-corrected chi connectivity index (χ0v) is 21.3. The van der Waals surface area contributed by atoms with Gasteiger partial charge in [-0.15, -0.1) is 0 Å². The topological polar surface area (TPSA) is 121 Å². The van der Waals surface area contributed by atoms with Crippen LogP contribution in [-0.4, -0.2) is 45.9 Å². The van der Waals surface area contributed by atoms with Crippen LogP contribution in [0.25, 0.3) is 0 Å². The predicted octanol–water partition coefficient (Wildman–Crippen LogP) is 3.74. The zero-order chi connectivity index (χ0) is 24.6. The number of aromatic hydroxyl groups is 1. The smallest absolute Gasteiger partial charge is 0.257 e. The summed E-state index contributed by atoms with van der Waals surface area (Å²) in [4.78, 5) is 51.8. The first-order valence-corrected chi connectivity index (χ1v) is 12.2. The van der Waals surface area contributed by atoms with Gasteiger partial charge in [0.25, 0.3) is 11.8 Å². The van der Waals surface area contributed by atoms with Crippen molar-refractivity contribution in [3.63, 3.8) is 0 Å². The molecule has 10 heteroatoms. The Morgan fingerprint density at radius 1 is 1.09 bits per heavy atom. The Labute approximate surface area is 211 Å². The third-order valence-corrected chi connectivity index (χ3v) is 9.40. The van der Waals surface area contributed by atoms with Gasteiger partial charge >= 0.3 is 0 Å². The van der Waals surface area contributed by atoms with Crippen LogP contribution in [0.5, 0.6) is 11.5 Å². The molecule has 1 aromatic rings. The standard InChI is InChI=1S/C24H19Br2NO7/c1-8-5-14(28)12-6-11-9(3-4-10-17(11)24(32)27(33)23(10)31)16(18(12)21(8)29)13-7-15(34-2)22(30)20(26)19(13)25/h3,5,7,10-11,16-17,30,33H,4,6H2,1-2H3. The van der Waals surface area contributed by atoms with Gasteiger partial charge < -0.3 is 9.84 Å². The van der Waals surface area contributed by atoms with E-state index >= 15 is 0 Å². The van der Waals surface area contributed by atoms with Gasteiger partial charge in [0.2, 0.25) is 0 Å². The third kappa shape index (κ3) is 3.04. The number of imide groups is 1. The minimum Gasteiger partial charge on any atom is -0.503 e. The minimum absolute atomic E-state index is 0.119. The van der Waals surface area contributed by atoms with E-state index in [-0.39, 0.29) is 41.0 Å². The van der Waals surface area contributed by atoms with Crippen LogP contribution in [0.1, 0.15) is 31.2 Å². The number of nitrogens with zero attached hydrogens (tertiary/aromatic N) is 1. The van der Waals surface area contributed by atoms with Crippen LogP contribution >= 0.6 is 31.9 Å². The number of hydrogen-bond donors (Lipinski definition) is 2. The van der Waals surface area contributed by atoms with Gasteiger partial charge in [-0.2, -0.15) is 5.06 Å². The van der Waals surface area contributed by atoms with Crippen molar-refractivity contribution in [2.24, 2.45) is 17.8 Å². The second kappa shape index (κ2) is 8.00. The van der Waals surface area contributed by atoms with Crippen LogP contribution in [0.2, 0.25) is 0 Å². The van der Waals surface area contributed by atoms with E-state index < -0.39 is 35.5 Å². The highest BCUT2D eigenvalue weighted by atomic mass is 79.9. The second-order valence-corrected chi connectivity index (χ2v) is 10.4. The number of hydrogen-bond acceptors (Lipinski definition) is 7. The molecule has 1 fully saturated rings. The van der Waals surface area contributed by atoms with Crippen molar-refractivity contribution in [1.29, 1.82) is 0 Å². The number of Topliss-reactive ketones (excluding diaryl/α,β-unsaturated/α-hetero) is 1. The quantitative estimate of drug-likeness (QED) is 0.232. The van der Waals surface area contributed by atoms with Crippen molar-refractivity contribution >= 4 is 55.2 Å². The van der Waals surface area contributed by atoms with Gasteiger partial charge in [0.1, 0.15) is 0 Å². The number of amides is 2. The third-order valence-electron chi connectivity index (χ3n) is 7.25. The molecule has 0 bridgehead atoms. The summed E-state index contributed by atoms with van der Waals surface area (Å²) in [5.41, 5.74) is 2.24. The van der Waals surface area contributed by atoms with Gasteiger partial charge in [-0.3, -0.25) is 24.4 Å². The molecule has 5 rings (SSSR count). The Hall–Kier alpha value is -2.56. The molecule has 0 saturated carbocycles. The van der Waals surface area contributed by atoms with E-state index in [1.165, 1.54) is 13.2 Å². The second-order valence-electron chi connectivity index (χ2n) is 8.86. The molecule has 2 N–H and O–H groups in total. The molecular weight excluding hydrogens is 574 g/mol. The van der Waals surface area contributed by atoms with E-state index in [4.69, 9.17) is 4.74 Å². The lowest BCUT2D eigenvalue weighted by atomic mass is 9.59. The number of allylic oxidation sites excluding steroid dienone is 6. The van der Waals surface area contributed by atoms with E-state index in [1.54, 1.807) is 13.0 Å². The first-order chi connectivity index (χ1) is 16.1. The molecule has 34 heavy (non-hydrogen) atoms. The van der Waals surface area contributed by atoms with E-state index in [2.05, 4.69) is 31.9 Å². The minimum atomic E-state index is -0.829. The molecule has 4 unspecified atom stereocenters. The monoisotopic (exact) mass is 591 g/mol. The summed E-state index contributed by atoms with van der Waals surface area (Å²) in [6, 6.07) is 1.60. The maximum absolute atomic E-state index is 13.4. The molecule has 0 aromatic heterocycles. The van der Waals surface area contributed by atoms with E-state index in [0.717, 1.165) is 5.57 Å². The summed E-state index contributed by atoms with van der Waals surface area (Å²) in [7, 11) is 1.40. The maximum Gasteiger partial charge on any atom is 0.257 e. The molecule has 1 aromatic carbocycles. The first kappa shape index (κ1) is 23.2. The molecule has 0 radical (unpaired) electrons. The van der Waals surface area contributed by atoms with Crippen molar-refractivity contribution in [2.45, 2.75) is 25.7 Å². The van der Waals surface area contributed by atoms with Crippen LogP contribution in [-0.2, 0) is 19.2 Å². The number of methoxy groups -OCH3 is 1. The van der Waals surface area contributed by atoms with Crippen LogP contribution in [0.4, 0.5) is 0 Å². The lowest BCUT2D eigenvalue weighted by molar-refractivity contribution is -0.173. The number of benzene rings is 1. The summed E-state index contributed by atoms with van der Waals surface area (Å²) < 4.78 is 6.11. The highest BCUT2D eigenvalue weighted by molar-refractivity contribution is 9.13. The van der Waals surface area contributed by atoms with Crippen LogP contribution in [0.3, 0.4) is 0 Å². The Kier molecular flexibility index (Phi) is 5.46. The molecule has 4 atom stereocenters. The number of carbonyl (C=O) groups excluding carboxylic acids is 4. The van der Waals surface area contributed by atoms with Crippen LogP contribution in [0.15, 0.2) is 49.5 Å². The van der Waals surface area contributed by atoms with Crippen molar-refractivity contribution in [3.05, 3.63) is 55.0 Å². The molecule has 1 saturated heterocycles. The summed E-state index contributed by atoms with van der Waals surface area (Å²) in [6.07, 6.45) is 3.49. The molecule has 176 valence electrons. The number of phenols is 1. The molecule has 2 amide bonds. The molecular formula is C24H19Br2NO7. The van der Waals surface area contributed by atoms with Crippen molar-refractivity contribution in [2.75, 3.05) is 7.11 Å². The van der Waals surface area contributed by atoms with Crippen LogP contribution in [0, 0.1) is 17.8 Å². The van der Waals surface area contributed by atoms with Crippen molar-refractivity contribution in [3.8, 4) is 11.5 Å². The average molecular weight is 593 g/mol. The number of halogens is 2. The van der Waals surface area contributed by atoms with Gasteiger partial charge in [-0.05, 0) is 75.2 Å². The number of carbonyl (C=O) groups is 4. The fourth-order valence-corrected chi connectivity index (χ4v) is 6.63. The van der Waals surface area contributed by atoms with Gasteiger partial charge in [0, 0.05) is 27.1 Å². The van der Waals surface area contributed by atoms with Crippen molar-refractivity contribution < 1.29 is 34.2 Å².